The topological polar surface area (TPSA) is 67.4 Å². The predicted molar refractivity (Wildman–Crippen MR) is 190 cm³/mol. The molecule has 1 aromatic heterocycles. The smallest absolute Gasteiger partial charge is 0.410 e. The second-order valence-electron chi connectivity index (χ2n) is 13.8. The van der Waals surface area contributed by atoms with Crippen LogP contribution in [0.3, 0.4) is 0 Å². The van der Waals surface area contributed by atoms with E-state index in [2.05, 4.69) is 52.3 Å². The van der Waals surface area contributed by atoms with E-state index in [9.17, 15) is 4.79 Å². The summed E-state index contributed by atoms with van der Waals surface area (Å²) in [5.74, 6) is 1.71. The highest BCUT2D eigenvalue weighted by Gasteiger charge is 2.28. The summed E-state index contributed by atoms with van der Waals surface area (Å²) in [5, 5.41) is 0. The van der Waals surface area contributed by atoms with Crippen LogP contribution in [0.2, 0.25) is 0 Å². The maximum atomic E-state index is 12.5. The molecule has 2 aliphatic heterocycles. The van der Waals surface area contributed by atoms with Gasteiger partial charge in [0.15, 0.2) is 0 Å². The van der Waals surface area contributed by atoms with Crippen LogP contribution in [-0.2, 0) is 18.0 Å². The number of hydrogen-bond donors (Lipinski definition) is 0. The molecule has 3 aromatic carbocycles. The van der Waals surface area contributed by atoms with Gasteiger partial charge in [-0.1, -0.05) is 72.8 Å². The summed E-state index contributed by atoms with van der Waals surface area (Å²) in [6.45, 7) is 13.3. The number of piperidine rings is 1. The zero-order chi connectivity index (χ0) is 33.3. The largest absolute Gasteiger partial charge is 0.473 e. The summed E-state index contributed by atoms with van der Waals surface area (Å²) < 4.78 is 18.0. The van der Waals surface area contributed by atoms with Crippen molar-refractivity contribution in [3.8, 4) is 22.9 Å². The number of hydrogen-bond acceptors (Lipinski definition) is 7. The third-order valence-electron chi connectivity index (χ3n) is 8.96. The molecule has 0 radical (unpaired) electrons. The molecule has 2 saturated heterocycles. The van der Waals surface area contributed by atoms with Gasteiger partial charge in [0.25, 0.3) is 0 Å². The Hall–Kier alpha value is -4.56. The lowest BCUT2D eigenvalue weighted by molar-refractivity contribution is 0.0169. The number of amides is 1. The summed E-state index contributed by atoms with van der Waals surface area (Å²) in [4.78, 5) is 24.2. The van der Waals surface area contributed by atoms with Crippen molar-refractivity contribution in [3.63, 3.8) is 0 Å². The van der Waals surface area contributed by atoms with Crippen molar-refractivity contribution in [2.24, 2.45) is 5.92 Å². The standard InChI is InChI=1S/C40H48N4O4/c1-40(2,3)48-39(45)44-21-19-31(20-22-44)28-42-23-25-43(26-24-42)35-16-10-15-34(27-35)36-17-18-37(46-29-32-11-6-4-7-12-32)41-38(36)47-30-33-13-8-5-9-14-33/h4-18,27,31H,19-26,28-30H2,1-3H3. The number of anilines is 1. The minimum absolute atomic E-state index is 0.185. The zero-order valence-electron chi connectivity index (χ0n) is 28.5. The highest BCUT2D eigenvalue weighted by atomic mass is 16.6. The van der Waals surface area contributed by atoms with Gasteiger partial charge < -0.3 is 24.0 Å². The first-order valence-corrected chi connectivity index (χ1v) is 17.2. The molecular weight excluding hydrogens is 600 g/mol. The summed E-state index contributed by atoms with van der Waals surface area (Å²) in [6, 6.07) is 32.9. The molecule has 3 heterocycles. The van der Waals surface area contributed by atoms with Crippen LogP contribution in [0.1, 0.15) is 44.7 Å². The molecular formula is C40H48N4O4. The lowest BCUT2D eigenvalue weighted by Gasteiger charge is -2.39. The van der Waals surface area contributed by atoms with Gasteiger partial charge in [0, 0.05) is 63.1 Å². The number of carbonyl (C=O) groups is 1. The molecule has 0 aliphatic carbocycles. The number of piperazine rings is 1. The summed E-state index contributed by atoms with van der Waals surface area (Å²) in [5.41, 5.74) is 4.93. The van der Waals surface area contributed by atoms with Gasteiger partial charge in [0.05, 0.1) is 0 Å². The van der Waals surface area contributed by atoms with E-state index >= 15 is 0 Å². The van der Waals surface area contributed by atoms with Gasteiger partial charge in [-0.2, -0.15) is 4.98 Å². The number of nitrogens with zero attached hydrogens (tertiary/aromatic N) is 4. The van der Waals surface area contributed by atoms with Crippen LogP contribution in [0, 0.1) is 5.92 Å². The van der Waals surface area contributed by atoms with Crippen LogP contribution in [0.25, 0.3) is 11.1 Å². The first kappa shape index (κ1) is 33.3. The number of pyridine rings is 1. The quantitative estimate of drug-likeness (QED) is 0.175. The summed E-state index contributed by atoms with van der Waals surface area (Å²) in [7, 11) is 0. The van der Waals surface area contributed by atoms with E-state index < -0.39 is 5.60 Å². The molecule has 0 saturated carbocycles. The Morgan fingerprint density at radius 2 is 1.40 bits per heavy atom. The SMILES string of the molecule is CC(C)(C)OC(=O)N1CCC(CN2CCN(c3cccc(-c4ccc(OCc5ccccc5)nc4OCc4ccccc4)c3)CC2)CC1. The van der Waals surface area contributed by atoms with E-state index in [1.54, 1.807) is 0 Å². The van der Waals surface area contributed by atoms with Gasteiger partial charge in [0.2, 0.25) is 11.8 Å². The van der Waals surface area contributed by atoms with Crippen molar-refractivity contribution in [1.29, 1.82) is 0 Å². The van der Waals surface area contributed by atoms with E-state index in [0.29, 0.717) is 30.9 Å². The van der Waals surface area contributed by atoms with Crippen molar-refractivity contribution in [3.05, 3.63) is 108 Å². The van der Waals surface area contributed by atoms with Crippen molar-refractivity contribution >= 4 is 11.8 Å². The fourth-order valence-corrected chi connectivity index (χ4v) is 6.34. The first-order valence-electron chi connectivity index (χ1n) is 17.2. The molecule has 4 aromatic rings. The fourth-order valence-electron chi connectivity index (χ4n) is 6.34. The normalized spacial score (nSPS) is 16.1. The molecule has 1 amide bonds. The van der Waals surface area contributed by atoms with Crippen molar-refractivity contribution in [2.45, 2.75) is 52.4 Å². The molecule has 0 bridgehead atoms. The molecule has 0 unspecified atom stereocenters. The molecule has 48 heavy (non-hydrogen) atoms. The van der Waals surface area contributed by atoms with Gasteiger partial charge >= 0.3 is 6.09 Å². The Morgan fingerprint density at radius 1 is 0.750 bits per heavy atom. The number of benzene rings is 3. The van der Waals surface area contributed by atoms with Gasteiger partial charge in [-0.25, -0.2) is 4.79 Å². The Kier molecular flexibility index (Phi) is 10.8. The highest BCUT2D eigenvalue weighted by molar-refractivity contribution is 5.73. The summed E-state index contributed by atoms with van der Waals surface area (Å²) >= 11 is 0. The number of ether oxygens (including phenoxy) is 3. The number of carbonyl (C=O) groups excluding carboxylic acids is 1. The van der Waals surface area contributed by atoms with Crippen LogP contribution >= 0.6 is 0 Å². The average molecular weight is 649 g/mol. The van der Waals surface area contributed by atoms with Crippen LogP contribution in [0.4, 0.5) is 10.5 Å². The van der Waals surface area contributed by atoms with Crippen LogP contribution in [-0.4, -0.2) is 72.3 Å². The molecule has 2 fully saturated rings. The minimum atomic E-state index is -0.454. The second-order valence-corrected chi connectivity index (χ2v) is 13.8. The Bertz CT molecular complexity index is 1610. The number of rotatable bonds is 10. The molecule has 6 rings (SSSR count). The minimum Gasteiger partial charge on any atom is -0.473 e. The van der Waals surface area contributed by atoms with Gasteiger partial charge in [-0.3, -0.25) is 4.90 Å². The molecule has 0 spiro atoms. The van der Waals surface area contributed by atoms with E-state index in [4.69, 9.17) is 19.2 Å². The average Bonchev–Trinajstić information content (AvgIpc) is 3.11. The molecule has 8 nitrogen and oxygen atoms in total. The predicted octanol–water partition coefficient (Wildman–Crippen LogP) is 7.68. The molecule has 0 atom stereocenters. The van der Waals surface area contributed by atoms with Crippen LogP contribution < -0.4 is 14.4 Å². The van der Waals surface area contributed by atoms with Crippen LogP contribution in [0.15, 0.2) is 97.1 Å². The Labute approximate surface area is 285 Å². The highest BCUT2D eigenvalue weighted by Crippen LogP contribution is 2.34. The van der Waals surface area contributed by atoms with Crippen molar-refractivity contribution in [2.75, 3.05) is 50.7 Å². The second kappa shape index (κ2) is 15.6. The van der Waals surface area contributed by atoms with E-state index in [-0.39, 0.29) is 6.09 Å². The van der Waals surface area contributed by atoms with E-state index in [1.807, 2.05) is 80.3 Å². The van der Waals surface area contributed by atoms with E-state index in [1.165, 1.54) is 5.69 Å². The third-order valence-corrected chi connectivity index (χ3v) is 8.96. The summed E-state index contributed by atoms with van der Waals surface area (Å²) in [6.07, 6.45) is 1.87. The molecule has 2 aliphatic rings. The maximum Gasteiger partial charge on any atom is 0.410 e. The molecule has 8 heteroatoms. The van der Waals surface area contributed by atoms with Crippen molar-refractivity contribution in [1.82, 2.24) is 14.8 Å². The fraction of sp³-hybridized carbons (Fsp3) is 0.400. The number of likely N-dealkylation sites (tertiary alicyclic amines) is 1. The monoisotopic (exact) mass is 648 g/mol. The third kappa shape index (κ3) is 9.28. The van der Waals surface area contributed by atoms with Gasteiger partial charge in [-0.15, -0.1) is 0 Å². The van der Waals surface area contributed by atoms with Crippen LogP contribution in [0.5, 0.6) is 11.8 Å². The van der Waals surface area contributed by atoms with Gasteiger partial charge in [-0.05, 0) is 74.4 Å². The maximum absolute atomic E-state index is 12.5. The van der Waals surface area contributed by atoms with Crippen molar-refractivity contribution < 1.29 is 19.0 Å². The first-order chi connectivity index (χ1) is 23.3. The Balaban J connectivity index is 1.07. The lowest BCUT2D eigenvalue weighted by Crippen LogP contribution is -2.49. The van der Waals surface area contributed by atoms with E-state index in [0.717, 1.165) is 80.9 Å². The zero-order valence-corrected chi connectivity index (χ0v) is 28.5. The number of aromatic nitrogens is 1. The lowest BCUT2D eigenvalue weighted by atomic mass is 9.96. The molecule has 0 N–H and O–H groups in total. The molecule has 252 valence electrons. The van der Waals surface area contributed by atoms with Gasteiger partial charge in [0.1, 0.15) is 18.8 Å². The Morgan fingerprint density at radius 3 is 2.04 bits per heavy atom.